The van der Waals surface area contributed by atoms with Crippen molar-refractivity contribution in [1.29, 1.82) is 0 Å². The highest BCUT2D eigenvalue weighted by atomic mass is 35.5. The van der Waals surface area contributed by atoms with Gasteiger partial charge in [0, 0.05) is 18.1 Å². The molecule has 0 radical (unpaired) electrons. The number of benzene rings is 2. The van der Waals surface area contributed by atoms with E-state index in [0.717, 1.165) is 12.3 Å². The van der Waals surface area contributed by atoms with E-state index in [-0.39, 0.29) is 47.6 Å². The zero-order chi connectivity index (χ0) is 28.1. The summed E-state index contributed by atoms with van der Waals surface area (Å²) >= 11 is 5.97. The van der Waals surface area contributed by atoms with Crippen LogP contribution in [0.25, 0.3) is 11.4 Å². The van der Waals surface area contributed by atoms with E-state index in [1.165, 1.54) is 20.1 Å². The van der Waals surface area contributed by atoms with Gasteiger partial charge in [0.1, 0.15) is 5.82 Å². The minimum Gasteiger partial charge on any atom is -0.319 e. The summed E-state index contributed by atoms with van der Waals surface area (Å²) in [6.45, 7) is 0.539. The molecule has 2 aromatic carbocycles. The van der Waals surface area contributed by atoms with E-state index in [9.17, 15) is 21.6 Å². The van der Waals surface area contributed by atoms with E-state index in [4.69, 9.17) is 17.3 Å². The maximum atomic E-state index is 15.4. The number of fused-ring (bicyclic) bond motifs is 1. The van der Waals surface area contributed by atoms with Gasteiger partial charge in [-0.25, -0.2) is 25.5 Å². The Morgan fingerprint density at radius 1 is 1.15 bits per heavy atom. The van der Waals surface area contributed by atoms with Crippen LogP contribution in [-0.4, -0.2) is 78.4 Å². The maximum absolute atomic E-state index is 15.4. The van der Waals surface area contributed by atoms with Crippen LogP contribution in [-0.2, 0) is 31.2 Å². The van der Waals surface area contributed by atoms with Gasteiger partial charge in [-0.2, -0.15) is 4.80 Å². The zero-order valence-corrected chi connectivity index (χ0v) is 23.1. The van der Waals surface area contributed by atoms with E-state index < -0.39 is 43.4 Å². The molecule has 0 spiro atoms. The van der Waals surface area contributed by atoms with E-state index >= 15 is 4.39 Å². The molecule has 1 aromatic heterocycles. The molecule has 2 N–H and O–H groups in total. The number of carbonyl (C=O) groups excluding carboxylic acids is 1. The monoisotopic (exact) mass is 597 g/mol. The summed E-state index contributed by atoms with van der Waals surface area (Å²) in [4.78, 5) is 15.4. The molecule has 208 valence electrons. The Labute approximate surface area is 229 Å². The number of hydrogen-bond donors (Lipinski definition) is 1. The summed E-state index contributed by atoms with van der Waals surface area (Å²) in [5.74, 6) is -2.32. The standard InChI is InChI=1S/C23H25ClFN7O5S2/c1-38(34,35)30-8-6-16(7-9-30)32-28-22(27-29-32)17-10-20-21(11-18(17)25)39(36,37)13-19(26)23(33)31(20)12-14-2-4-15(24)5-3-14/h2-5,10-11,16,19H,6-9,12-13,26H2,1H3/t19-/m0/s1. The minimum atomic E-state index is -4.11. The van der Waals surface area contributed by atoms with E-state index in [0.29, 0.717) is 23.4 Å². The molecule has 1 saturated heterocycles. The van der Waals surface area contributed by atoms with Crippen LogP contribution in [0.3, 0.4) is 0 Å². The summed E-state index contributed by atoms with van der Waals surface area (Å²) in [5.41, 5.74) is 6.41. The molecule has 3 heterocycles. The molecule has 0 bridgehead atoms. The molecule has 3 aromatic rings. The van der Waals surface area contributed by atoms with Gasteiger partial charge >= 0.3 is 0 Å². The highest BCUT2D eigenvalue weighted by Gasteiger charge is 2.37. The SMILES string of the molecule is CS(=O)(=O)N1CCC(n2nnc(-c3cc4c(cc3F)S(=O)(=O)C[C@H](N)C(=O)N4Cc3ccc(Cl)cc3)n2)CC1. The zero-order valence-electron chi connectivity index (χ0n) is 20.7. The van der Waals surface area contributed by atoms with E-state index in [1.807, 2.05) is 0 Å². The van der Waals surface area contributed by atoms with Crippen molar-refractivity contribution >= 4 is 43.1 Å². The van der Waals surface area contributed by atoms with Crippen LogP contribution in [0.5, 0.6) is 0 Å². The fraction of sp³-hybridized carbons (Fsp3) is 0.391. The third kappa shape index (κ3) is 5.54. The summed E-state index contributed by atoms with van der Waals surface area (Å²) in [5, 5.41) is 12.8. The molecule has 16 heteroatoms. The molecule has 1 fully saturated rings. The number of rotatable bonds is 5. The largest absolute Gasteiger partial charge is 0.319 e. The topological polar surface area (TPSA) is 161 Å². The predicted molar refractivity (Wildman–Crippen MR) is 141 cm³/mol. The summed E-state index contributed by atoms with van der Waals surface area (Å²) in [6.07, 6.45) is 2.03. The molecule has 2 aliphatic rings. The average Bonchev–Trinajstić information content (AvgIpc) is 3.35. The number of amides is 1. The minimum absolute atomic E-state index is 0.0314. The first-order valence-corrected chi connectivity index (χ1v) is 15.8. The van der Waals surface area contributed by atoms with E-state index in [2.05, 4.69) is 15.4 Å². The molecule has 12 nitrogen and oxygen atoms in total. The summed E-state index contributed by atoms with van der Waals surface area (Å²) in [6, 6.07) is 7.12. The number of sulfone groups is 1. The molecule has 1 amide bonds. The smallest absolute Gasteiger partial charge is 0.245 e. The normalized spacial score (nSPS) is 20.6. The number of nitrogens with zero attached hydrogens (tertiary/aromatic N) is 6. The lowest BCUT2D eigenvalue weighted by molar-refractivity contribution is -0.119. The molecule has 1 atom stereocenters. The quantitative estimate of drug-likeness (QED) is 0.458. The van der Waals surface area contributed by atoms with Gasteiger partial charge in [-0.15, -0.1) is 10.2 Å². The number of nitrogens with two attached hydrogens (primary N) is 1. The van der Waals surface area contributed by atoms with Gasteiger partial charge in [-0.1, -0.05) is 23.7 Å². The second-order valence-corrected chi connectivity index (χ2v) is 14.0. The van der Waals surface area contributed by atoms with Crippen LogP contribution < -0.4 is 10.6 Å². The van der Waals surface area contributed by atoms with Gasteiger partial charge < -0.3 is 10.6 Å². The number of carbonyl (C=O) groups is 1. The number of halogens is 2. The molecular formula is C23H25ClFN7O5S2. The van der Waals surface area contributed by atoms with Crippen LogP contribution >= 0.6 is 11.6 Å². The molecule has 0 unspecified atom stereocenters. The lowest BCUT2D eigenvalue weighted by atomic mass is 10.1. The molecule has 39 heavy (non-hydrogen) atoms. The Kier molecular flexibility index (Phi) is 7.22. The second-order valence-electron chi connectivity index (χ2n) is 9.57. The van der Waals surface area contributed by atoms with Gasteiger partial charge in [0.15, 0.2) is 9.84 Å². The fourth-order valence-corrected chi connectivity index (χ4v) is 7.28. The lowest BCUT2D eigenvalue weighted by Crippen LogP contribution is -2.45. The van der Waals surface area contributed by atoms with Crippen molar-refractivity contribution in [3.8, 4) is 11.4 Å². The third-order valence-corrected chi connectivity index (χ3v) is 10.1. The van der Waals surface area contributed by atoms with Crippen molar-refractivity contribution in [2.75, 3.05) is 30.0 Å². The molecule has 5 rings (SSSR count). The average molecular weight is 598 g/mol. The van der Waals surface area contributed by atoms with Crippen LogP contribution in [0.15, 0.2) is 41.3 Å². The van der Waals surface area contributed by atoms with Crippen molar-refractivity contribution in [3.63, 3.8) is 0 Å². The number of aromatic nitrogens is 4. The fourth-order valence-electron chi connectivity index (χ4n) is 4.72. The number of anilines is 1. The number of hydrogen-bond acceptors (Lipinski definition) is 9. The summed E-state index contributed by atoms with van der Waals surface area (Å²) in [7, 11) is -7.42. The first kappa shape index (κ1) is 27.6. The highest BCUT2D eigenvalue weighted by molar-refractivity contribution is 7.91. The highest BCUT2D eigenvalue weighted by Crippen LogP contribution is 2.36. The summed E-state index contributed by atoms with van der Waals surface area (Å²) < 4.78 is 66.4. The van der Waals surface area contributed by atoms with Gasteiger partial charge in [-0.3, -0.25) is 4.79 Å². The first-order valence-electron chi connectivity index (χ1n) is 12.0. The lowest BCUT2D eigenvalue weighted by Gasteiger charge is -2.29. The molecule has 2 aliphatic heterocycles. The number of sulfonamides is 1. The molecule has 0 saturated carbocycles. The second kappa shape index (κ2) is 10.2. The van der Waals surface area contributed by atoms with Crippen LogP contribution in [0.1, 0.15) is 24.4 Å². The Bertz CT molecular complexity index is 1640. The number of piperidine rings is 1. The van der Waals surface area contributed by atoms with Gasteiger partial charge in [0.25, 0.3) is 0 Å². The van der Waals surface area contributed by atoms with Crippen LogP contribution in [0, 0.1) is 5.82 Å². The van der Waals surface area contributed by atoms with Crippen molar-refractivity contribution in [2.24, 2.45) is 5.73 Å². The number of tetrazole rings is 1. The van der Waals surface area contributed by atoms with Gasteiger partial charge in [0.05, 0.1) is 46.8 Å². The van der Waals surface area contributed by atoms with Crippen molar-refractivity contribution in [1.82, 2.24) is 24.5 Å². The van der Waals surface area contributed by atoms with Gasteiger partial charge in [-0.05, 0) is 47.9 Å². The van der Waals surface area contributed by atoms with Crippen LogP contribution in [0.2, 0.25) is 5.02 Å². The van der Waals surface area contributed by atoms with Crippen molar-refractivity contribution in [2.45, 2.75) is 36.4 Å². The Hall–Kier alpha value is -2.98. The Morgan fingerprint density at radius 2 is 1.82 bits per heavy atom. The Balaban J connectivity index is 1.52. The maximum Gasteiger partial charge on any atom is 0.245 e. The molecule has 0 aliphatic carbocycles. The Morgan fingerprint density at radius 3 is 2.46 bits per heavy atom. The first-order chi connectivity index (χ1) is 18.3. The third-order valence-electron chi connectivity index (χ3n) is 6.80. The van der Waals surface area contributed by atoms with Crippen molar-refractivity contribution < 1.29 is 26.0 Å². The van der Waals surface area contributed by atoms with E-state index in [1.54, 1.807) is 24.3 Å². The van der Waals surface area contributed by atoms with Crippen LogP contribution in [0.4, 0.5) is 10.1 Å². The van der Waals surface area contributed by atoms with Crippen molar-refractivity contribution in [3.05, 3.63) is 52.8 Å². The van der Waals surface area contributed by atoms with Gasteiger partial charge in [0.2, 0.25) is 21.8 Å². The predicted octanol–water partition coefficient (Wildman–Crippen LogP) is 1.38. The molecular weight excluding hydrogens is 573 g/mol.